The highest BCUT2D eigenvalue weighted by Crippen LogP contribution is 2.31. The van der Waals surface area contributed by atoms with Crippen LogP contribution in [0.4, 0.5) is 27.4 Å². The van der Waals surface area contributed by atoms with E-state index in [1.54, 1.807) is 24.3 Å². The summed E-state index contributed by atoms with van der Waals surface area (Å²) in [7, 11) is 1.50. The van der Waals surface area contributed by atoms with Gasteiger partial charge in [-0.1, -0.05) is 12.6 Å². The first-order valence-electron chi connectivity index (χ1n) is 11.6. The second-order valence-corrected chi connectivity index (χ2v) is 8.09. The number of alkyl halides is 1. The molecule has 0 unspecified atom stereocenters. The lowest BCUT2D eigenvalue weighted by molar-refractivity contribution is -0.111. The van der Waals surface area contributed by atoms with Crippen LogP contribution in [-0.2, 0) is 4.79 Å². The number of carbonyl (C=O) groups is 1. The van der Waals surface area contributed by atoms with E-state index in [0.29, 0.717) is 29.7 Å². The molecule has 0 spiro atoms. The lowest BCUT2D eigenvalue weighted by Crippen LogP contribution is -2.38. The maximum absolute atomic E-state index is 13.2. The molecule has 2 heterocycles. The van der Waals surface area contributed by atoms with Crippen molar-refractivity contribution < 1.29 is 18.7 Å². The van der Waals surface area contributed by atoms with Crippen LogP contribution in [0.25, 0.3) is 0 Å². The number of rotatable bonds is 11. The van der Waals surface area contributed by atoms with Gasteiger partial charge in [0.2, 0.25) is 11.9 Å². The predicted molar refractivity (Wildman–Crippen MR) is 138 cm³/mol. The van der Waals surface area contributed by atoms with Crippen molar-refractivity contribution in [2.45, 2.75) is 12.5 Å². The molecule has 1 saturated heterocycles. The highest BCUT2D eigenvalue weighted by Gasteiger charge is 2.22. The van der Waals surface area contributed by atoms with Crippen LogP contribution in [0, 0.1) is 0 Å². The summed E-state index contributed by atoms with van der Waals surface area (Å²) in [6.07, 6.45) is 3.69. The maximum atomic E-state index is 13.2. The van der Waals surface area contributed by atoms with E-state index in [0.717, 1.165) is 30.9 Å². The third kappa shape index (κ3) is 6.28. The van der Waals surface area contributed by atoms with Gasteiger partial charge in [0, 0.05) is 42.3 Å². The van der Waals surface area contributed by atoms with Crippen molar-refractivity contribution in [3.05, 3.63) is 67.4 Å². The Bertz CT molecular complexity index is 1180. The Kier molecular flexibility index (Phi) is 8.30. The minimum atomic E-state index is -0.400. The molecule has 3 N–H and O–H groups in total. The van der Waals surface area contributed by atoms with Crippen molar-refractivity contribution in [3.8, 4) is 17.4 Å². The molecule has 0 aliphatic carbocycles. The van der Waals surface area contributed by atoms with Gasteiger partial charge in [-0.05, 0) is 55.4 Å². The lowest BCUT2D eigenvalue weighted by atomic mass is 10.1. The SMILES string of the molecule is C=CC(=O)Nc1cccc(Oc2nc(Nc3ccc(N(CCF)[C@@H]4CCNC4)cc3)ncc2OC)c1. The van der Waals surface area contributed by atoms with Gasteiger partial charge in [0.15, 0.2) is 5.75 Å². The molecule has 1 aliphatic heterocycles. The number of methoxy groups -OCH3 is 1. The number of anilines is 4. The topological polar surface area (TPSA) is 101 Å². The Balaban J connectivity index is 1.48. The molecule has 2 aromatic carbocycles. The van der Waals surface area contributed by atoms with Crippen LogP contribution < -0.4 is 30.3 Å². The smallest absolute Gasteiger partial charge is 0.267 e. The average Bonchev–Trinajstić information content (AvgIpc) is 3.43. The van der Waals surface area contributed by atoms with E-state index in [9.17, 15) is 9.18 Å². The average molecular weight is 493 g/mol. The molecule has 188 valence electrons. The van der Waals surface area contributed by atoms with E-state index in [2.05, 4.69) is 37.4 Å². The van der Waals surface area contributed by atoms with Gasteiger partial charge in [-0.15, -0.1) is 0 Å². The van der Waals surface area contributed by atoms with Gasteiger partial charge in [-0.3, -0.25) is 4.79 Å². The second kappa shape index (κ2) is 12.0. The van der Waals surface area contributed by atoms with Crippen molar-refractivity contribution in [2.75, 3.05) is 49.0 Å². The second-order valence-electron chi connectivity index (χ2n) is 8.09. The minimum absolute atomic E-state index is 0.210. The fraction of sp³-hybridized carbons (Fsp3) is 0.269. The first-order valence-corrected chi connectivity index (χ1v) is 11.6. The van der Waals surface area contributed by atoms with Gasteiger partial charge in [0.05, 0.1) is 13.3 Å². The quantitative estimate of drug-likeness (QED) is 0.341. The molecular weight excluding hydrogens is 463 g/mol. The molecule has 1 aliphatic rings. The molecule has 9 nitrogen and oxygen atoms in total. The van der Waals surface area contributed by atoms with E-state index in [1.165, 1.54) is 19.4 Å². The number of carbonyl (C=O) groups excluding carboxylic acids is 1. The van der Waals surface area contributed by atoms with E-state index in [1.807, 2.05) is 24.3 Å². The lowest BCUT2D eigenvalue weighted by Gasteiger charge is -2.30. The number of hydrogen-bond donors (Lipinski definition) is 3. The van der Waals surface area contributed by atoms with Crippen LogP contribution in [0.2, 0.25) is 0 Å². The fourth-order valence-electron chi connectivity index (χ4n) is 3.96. The monoisotopic (exact) mass is 492 g/mol. The van der Waals surface area contributed by atoms with Crippen molar-refractivity contribution in [1.29, 1.82) is 0 Å². The number of nitrogens with zero attached hydrogens (tertiary/aromatic N) is 3. The minimum Gasteiger partial charge on any atom is -0.490 e. The standard InChI is InChI=1S/C26H29FN6O3/c1-3-24(34)30-19-5-4-6-22(15-19)36-25-23(35-2)17-29-26(32-25)31-18-7-9-20(10-8-18)33(14-12-27)21-11-13-28-16-21/h3-10,15,17,21,28H,1,11-14,16H2,2H3,(H,30,34)(H,29,31,32)/t21-/m1/s1. The number of benzene rings is 2. The van der Waals surface area contributed by atoms with Crippen LogP contribution in [-0.4, -0.2) is 55.3 Å². The van der Waals surface area contributed by atoms with Gasteiger partial charge in [0.25, 0.3) is 5.88 Å². The van der Waals surface area contributed by atoms with Gasteiger partial charge >= 0.3 is 0 Å². The Morgan fingerprint density at radius 2 is 2.11 bits per heavy atom. The van der Waals surface area contributed by atoms with E-state index in [-0.39, 0.29) is 17.8 Å². The van der Waals surface area contributed by atoms with Crippen LogP contribution >= 0.6 is 0 Å². The highest BCUT2D eigenvalue weighted by molar-refractivity contribution is 5.98. The van der Waals surface area contributed by atoms with Crippen LogP contribution in [0.15, 0.2) is 67.4 Å². The Labute approximate surface area is 209 Å². The van der Waals surface area contributed by atoms with Crippen LogP contribution in [0.3, 0.4) is 0 Å². The molecule has 4 rings (SSSR count). The summed E-state index contributed by atoms with van der Waals surface area (Å²) in [5, 5.41) is 9.18. The summed E-state index contributed by atoms with van der Waals surface area (Å²) < 4.78 is 24.4. The number of halogens is 1. The molecule has 36 heavy (non-hydrogen) atoms. The summed E-state index contributed by atoms with van der Waals surface area (Å²) in [5.74, 6) is 1.01. The Morgan fingerprint density at radius 3 is 2.81 bits per heavy atom. The Hall–Kier alpha value is -4.18. The van der Waals surface area contributed by atoms with Crippen LogP contribution in [0.1, 0.15) is 6.42 Å². The number of hydrogen-bond acceptors (Lipinski definition) is 8. The van der Waals surface area contributed by atoms with E-state index >= 15 is 0 Å². The van der Waals surface area contributed by atoms with E-state index in [4.69, 9.17) is 9.47 Å². The molecule has 0 radical (unpaired) electrons. The largest absolute Gasteiger partial charge is 0.490 e. The molecule has 1 amide bonds. The predicted octanol–water partition coefficient (Wildman–Crippen LogP) is 4.28. The first-order chi connectivity index (χ1) is 17.6. The Morgan fingerprint density at radius 1 is 1.28 bits per heavy atom. The maximum Gasteiger partial charge on any atom is 0.267 e. The van der Waals surface area contributed by atoms with Gasteiger partial charge in [-0.2, -0.15) is 4.98 Å². The summed E-state index contributed by atoms with van der Waals surface area (Å²) in [4.78, 5) is 22.4. The molecule has 3 aromatic rings. The number of amides is 1. The number of aromatic nitrogens is 2. The third-order valence-corrected chi connectivity index (χ3v) is 5.70. The number of ether oxygens (including phenoxy) is 2. The van der Waals surface area contributed by atoms with Crippen molar-refractivity contribution in [2.24, 2.45) is 0 Å². The number of nitrogens with one attached hydrogen (secondary N) is 3. The third-order valence-electron chi connectivity index (χ3n) is 5.70. The summed E-state index contributed by atoms with van der Waals surface area (Å²) in [6, 6.07) is 14.9. The van der Waals surface area contributed by atoms with Crippen LogP contribution in [0.5, 0.6) is 17.4 Å². The van der Waals surface area contributed by atoms with Gasteiger partial charge < -0.3 is 30.3 Å². The molecular formula is C26H29FN6O3. The van der Waals surface area contributed by atoms with Gasteiger partial charge in [-0.25, -0.2) is 9.37 Å². The summed E-state index contributed by atoms with van der Waals surface area (Å²) >= 11 is 0. The molecule has 1 aromatic heterocycles. The molecule has 1 fully saturated rings. The van der Waals surface area contributed by atoms with E-state index < -0.39 is 6.67 Å². The van der Waals surface area contributed by atoms with Crippen molar-refractivity contribution >= 4 is 28.9 Å². The molecule has 0 saturated carbocycles. The zero-order valence-electron chi connectivity index (χ0n) is 20.0. The van der Waals surface area contributed by atoms with Crippen molar-refractivity contribution in [1.82, 2.24) is 15.3 Å². The summed E-state index contributed by atoms with van der Waals surface area (Å²) in [5.41, 5.74) is 2.29. The summed E-state index contributed by atoms with van der Waals surface area (Å²) in [6.45, 7) is 5.21. The van der Waals surface area contributed by atoms with Gasteiger partial charge in [0.1, 0.15) is 12.4 Å². The first kappa shape index (κ1) is 24.9. The zero-order chi connectivity index (χ0) is 25.3. The molecule has 10 heteroatoms. The molecule has 0 bridgehead atoms. The van der Waals surface area contributed by atoms with Crippen molar-refractivity contribution in [3.63, 3.8) is 0 Å². The fourth-order valence-corrected chi connectivity index (χ4v) is 3.96. The normalized spacial score (nSPS) is 14.7. The molecule has 1 atom stereocenters. The highest BCUT2D eigenvalue weighted by atomic mass is 19.1. The zero-order valence-corrected chi connectivity index (χ0v) is 20.0.